The van der Waals surface area contributed by atoms with Crippen LogP contribution in [0.2, 0.25) is 0 Å². The maximum Gasteiger partial charge on any atom is 0.304 e. The quantitative estimate of drug-likeness (QED) is 0.782. The van der Waals surface area contributed by atoms with Crippen LogP contribution in [0.25, 0.3) is 0 Å². The van der Waals surface area contributed by atoms with Crippen LogP contribution in [0, 0.1) is 5.82 Å². The number of thioether (sulfide) groups is 1. The third-order valence-corrected chi connectivity index (χ3v) is 2.54. The molecule has 1 aromatic heterocycles. The molecular formula is C9H10FNO2S. The summed E-state index contributed by atoms with van der Waals surface area (Å²) < 4.78 is 12.5. The molecule has 0 aromatic carbocycles. The Labute approximate surface area is 85.4 Å². The first-order valence-electron chi connectivity index (χ1n) is 4.08. The molecule has 0 aliphatic rings. The highest BCUT2D eigenvalue weighted by atomic mass is 32.2. The number of carboxylic acid groups (broad SMARTS) is 1. The molecule has 0 aliphatic carbocycles. The van der Waals surface area contributed by atoms with Crippen LogP contribution in [0.1, 0.15) is 13.3 Å². The Balaban J connectivity index is 2.51. The second-order valence-electron chi connectivity index (χ2n) is 2.84. The summed E-state index contributed by atoms with van der Waals surface area (Å²) in [5.41, 5.74) is 0. The summed E-state index contributed by atoms with van der Waals surface area (Å²) >= 11 is 1.32. The topological polar surface area (TPSA) is 50.2 Å². The third-order valence-electron chi connectivity index (χ3n) is 1.48. The first-order chi connectivity index (χ1) is 6.58. The summed E-state index contributed by atoms with van der Waals surface area (Å²) in [5, 5.41) is 9.09. The molecule has 14 heavy (non-hydrogen) atoms. The van der Waals surface area contributed by atoms with Gasteiger partial charge in [-0.15, -0.1) is 11.8 Å². The molecule has 1 unspecified atom stereocenters. The van der Waals surface area contributed by atoms with Gasteiger partial charge in [0.05, 0.1) is 17.6 Å². The normalized spacial score (nSPS) is 12.4. The highest BCUT2D eigenvalue weighted by Crippen LogP contribution is 2.22. The molecule has 0 aliphatic heterocycles. The van der Waals surface area contributed by atoms with Crippen molar-refractivity contribution in [2.45, 2.75) is 23.6 Å². The lowest BCUT2D eigenvalue weighted by Gasteiger charge is -2.06. The average Bonchev–Trinajstić information content (AvgIpc) is 2.07. The number of nitrogens with zero attached hydrogens (tertiary/aromatic N) is 1. The second kappa shape index (κ2) is 4.95. The maximum absolute atomic E-state index is 12.5. The smallest absolute Gasteiger partial charge is 0.304 e. The zero-order valence-corrected chi connectivity index (χ0v) is 8.42. The molecule has 1 atom stereocenters. The van der Waals surface area contributed by atoms with E-state index in [1.165, 1.54) is 17.8 Å². The van der Waals surface area contributed by atoms with E-state index >= 15 is 0 Å². The third kappa shape index (κ3) is 3.74. The number of aliphatic carboxylic acids is 1. The fourth-order valence-corrected chi connectivity index (χ4v) is 1.82. The van der Waals surface area contributed by atoms with E-state index in [1.54, 1.807) is 13.0 Å². The molecule has 0 saturated heterocycles. The fourth-order valence-electron chi connectivity index (χ4n) is 0.926. The summed E-state index contributed by atoms with van der Waals surface area (Å²) in [5.74, 6) is -1.23. The largest absolute Gasteiger partial charge is 0.481 e. The Bertz CT molecular complexity index is 315. The van der Waals surface area contributed by atoms with E-state index in [9.17, 15) is 9.18 Å². The monoisotopic (exact) mass is 215 g/mol. The van der Waals surface area contributed by atoms with Gasteiger partial charge in [0.1, 0.15) is 5.82 Å². The van der Waals surface area contributed by atoms with Crippen LogP contribution in [-0.4, -0.2) is 21.3 Å². The summed E-state index contributed by atoms with van der Waals surface area (Å²) in [7, 11) is 0. The van der Waals surface area contributed by atoms with Crippen LogP contribution in [0.5, 0.6) is 0 Å². The van der Waals surface area contributed by atoms with Gasteiger partial charge >= 0.3 is 5.97 Å². The predicted octanol–water partition coefficient (Wildman–Crippen LogP) is 2.18. The second-order valence-corrected chi connectivity index (χ2v) is 4.30. The van der Waals surface area contributed by atoms with Crippen molar-refractivity contribution in [3.63, 3.8) is 0 Å². The van der Waals surface area contributed by atoms with Crippen molar-refractivity contribution in [1.29, 1.82) is 0 Å². The molecule has 0 bridgehead atoms. The van der Waals surface area contributed by atoms with Crippen LogP contribution in [0.15, 0.2) is 23.4 Å². The van der Waals surface area contributed by atoms with Gasteiger partial charge < -0.3 is 5.11 Å². The van der Waals surface area contributed by atoms with Gasteiger partial charge in [-0.25, -0.2) is 9.37 Å². The first-order valence-corrected chi connectivity index (χ1v) is 4.96. The number of pyridine rings is 1. The number of carbonyl (C=O) groups is 1. The Kier molecular flexibility index (Phi) is 3.88. The average molecular weight is 215 g/mol. The minimum Gasteiger partial charge on any atom is -0.481 e. The Morgan fingerprint density at radius 1 is 1.71 bits per heavy atom. The van der Waals surface area contributed by atoms with Gasteiger partial charge in [0.2, 0.25) is 0 Å². The van der Waals surface area contributed by atoms with Crippen molar-refractivity contribution in [3.8, 4) is 0 Å². The summed E-state index contributed by atoms with van der Waals surface area (Å²) in [6, 6.07) is 2.85. The molecule has 0 spiro atoms. The minimum atomic E-state index is -0.841. The van der Waals surface area contributed by atoms with Gasteiger partial charge in [-0.05, 0) is 12.1 Å². The lowest BCUT2D eigenvalue weighted by molar-refractivity contribution is -0.136. The highest BCUT2D eigenvalue weighted by molar-refractivity contribution is 7.99. The number of aromatic nitrogens is 1. The number of carboxylic acids is 1. The van der Waals surface area contributed by atoms with Crippen molar-refractivity contribution < 1.29 is 14.3 Å². The van der Waals surface area contributed by atoms with Gasteiger partial charge in [0.15, 0.2) is 0 Å². The molecule has 76 valence electrons. The van der Waals surface area contributed by atoms with E-state index in [1.807, 2.05) is 0 Å². The van der Waals surface area contributed by atoms with Crippen molar-refractivity contribution in [2.75, 3.05) is 0 Å². The molecule has 1 aromatic rings. The lowest BCUT2D eigenvalue weighted by atomic mass is 10.3. The summed E-state index contributed by atoms with van der Waals surface area (Å²) in [6.45, 7) is 1.80. The molecule has 5 heteroatoms. The van der Waals surface area contributed by atoms with Crippen LogP contribution in [0.3, 0.4) is 0 Å². The molecule has 0 amide bonds. The van der Waals surface area contributed by atoms with E-state index < -0.39 is 5.97 Å². The maximum atomic E-state index is 12.5. The molecule has 1 heterocycles. The molecule has 0 saturated carbocycles. The van der Waals surface area contributed by atoms with Crippen LogP contribution >= 0.6 is 11.8 Å². The number of hydrogen-bond donors (Lipinski definition) is 1. The van der Waals surface area contributed by atoms with E-state index in [0.29, 0.717) is 5.03 Å². The molecule has 0 fully saturated rings. The molecule has 3 nitrogen and oxygen atoms in total. The van der Waals surface area contributed by atoms with Gasteiger partial charge in [0.25, 0.3) is 0 Å². The zero-order valence-electron chi connectivity index (χ0n) is 7.61. The zero-order chi connectivity index (χ0) is 10.6. The van der Waals surface area contributed by atoms with Crippen LogP contribution in [-0.2, 0) is 4.79 Å². The molecule has 0 radical (unpaired) electrons. The number of hydrogen-bond acceptors (Lipinski definition) is 3. The van der Waals surface area contributed by atoms with Gasteiger partial charge in [0, 0.05) is 5.25 Å². The Morgan fingerprint density at radius 3 is 2.93 bits per heavy atom. The summed E-state index contributed by atoms with van der Waals surface area (Å²) in [6.07, 6.45) is 1.19. The van der Waals surface area contributed by atoms with Crippen molar-refractivity contribution in [1.82, 2.24) is 4.98 Å². The molecule has 1 N–H and O–H groups in total. The fraction of sp³-hybridized carbons (Fsp3) is 0.333. The minimum absolute atomic E-state index is 0.0644. The van der Waals surface area contributed by atoms with Crippen molar-refractivity contribution in [2.24, 2.45) is 0 Å². The number of halogens is 1. The van der Waals surface area contributed by atoms with E-state index in [2.05, 4.69) is 4.98 Å². The van der Waals surface area contributed by atoms with E-state index in [0.717, 1.165) is 6.20 Å². The Hall–Kier alpha value is -1.10. The number of rotatable bonds is 4. The van der Waals surface area contributed by atoms with Crippen LogP contribution < -0.4 is 0 Å². The summed E-state index contributed by atoms with van der Waals surface area (Å²) in [4.78, 5) is 14.2. The molecule has 1 rings (SSSR count). The SMILES string of the molecule is CC(CC(=O)O)Sc1ccc(F)cn1. The molecular weight excluding hydrogens is 205 g/mol. The van der Waals surface area contributed by atoms with Gasteiger partial charge in [-0.2, -0.15) is 0 Å². The van der Waals surface area contributed by atoms with Crippen LogP contribution in [0.4, 0.5) is 4.39 Å². The van der Waals surface area contributed by atoms with Gasteiger partial charge in [-0.3, -0.25) is 4.79 Å². The van der Waals surface area contributed by atoms with Crippen molar-refractivity contribution >= 4 is 17.7 Å². The first kappa shape index (κ1) is 11.0. The van der Waals surface area contributed by atoms with Gasteiger partial charge in [-0.1, -0.05) is 6.92 Å². The highest BCUT2D eigenvalue weighted by Gasteiger charge is 2.09. The van der Waals surface area contributed by atoms with E-state index in [4.69, 9.17) is 5.11 Å². The Morgan fingerprint density at radius 2 is 2.43 bits per heavy atom. The van der Waals surface area contributed by atoms with Crippen molar-refractivity contribution in [3.05, 3.63) is 24.1 Å². The van der Waals surface area contributed by atoms with E-state index in [-0.39, 0.29) is 17.5 Å². The standard InChI is InChI=1S/C9H10FNO2S/c1-6(4-9(12)13)14-8-3-2-7(10)5-11-8/h2-3,5-6H,4H2,1H3,(H,12,13). The predicted molar refractivity (Wildman–Crippen MR) is 51.8 cm³/mol. The lowest BCUT2D eigenvalue weighted by Crippen LogP contribution is -2.05.